The van der Waals surface area contributed by atoms with Crippen molar-refractivity contribution in [1.29, 1.82) is 0 Å². The van der Waals surface area contributed by atoms with E-state index in [1.807, 2.05) is 30.3 Å². The monoisotopic (exact) mass is 335 g/mol. The zero-order valence-electron chi connectivity index (χ0n) is 12.9. The van der Waals surface area contributed by atoms with E-state index in [1.165, 1.54) is 12.0 Å². The first-order chi connectivity index (χ1) is 11.5. The van der Waals surface area contributed by atoms with Gasteiger partial charge in [-0.1, -0.05) is 30.3 Å². The van der Waals surface area contributed by atoms with E-state index in [4.69, 9.17) is 4.74 Å². The van der Waals surface area contributed by atoms with Crippen LogP contribution >= 0.6 is 0 Å². The van der Waals surface area contributed by atoms with Gasteiger partial charge >= 0.3 is 5.97 Å². The van der Waals surface area contributed by atoms with E-state index < -0.39 is 25.0 Å². The second-order valence-corrected chi connectivity index (χ2v) is 5.35. The number of benzene rings is 1. The van der Waals surface area contributed by atoms with E-state index in [0.29, 0.717) is 0 Å². The van der Waals surface area contributed by atoms with Crippen LogP contribution in [0.25, 0.3) is 0 Å². The average Bonchev–Trinajstić information content (AvgIpc) is 2.57. The van der Waals surface area contributed by atoms with Crippen molar-refractivity contribution in [3.8, 4) is 5.75 Å². The molecule has 0 spiro atoms. The molecule has 1 fully saturated rings. The van der Waals surface area contributed by atoms with Crippen LogP contribution in [0.15, 0.2) is 36.7 Å². The van der Waals surface area contributed by atoms with Gasteiger partial charge in [-0.3, -0.25) is 0 Å². The van der Waals surface area contributed by atoms with Gasteiger partial charge in [0, 0.05) is 0 Å². The molecule has 0 atom stereocenters. The van der Waals surface area contributed by atoms with Gasteiger partial charge in [0.2, 0.25) is 0 Å². The Morgan fingerprint density at radius 1 is 1.25 bits per heavy atom. The molecule has 2 heterocycles. The van der Waals surface area contributed by atoms with E-state index >= 15 is 0 Å². The molecule has 1 saturated heterocycles. The molecule has 6 nitrogen and oxygen atoms in total. The molecular formula is C16H15F2N3O3. The van der Waals surface area contributed by atoms with Crippen molar-refractivity contribution in [3.05, 3.63) is 47.9 Å². The van der Waals surface area contributed by atoms with Crippen LogP contribution in [0.1, 0.15) is 16.1 Å². The van der Waals surface area contributed by atoms with Crippen LogP contribution in [-0.2, 0) is 11.3 Å². The average molecular weight is 335 g/mol. The first-order valence-electron chi connectivity index (χ1n) is 7.23. The standard InChI is InChI=1S/C16H15F2N3O3/c1-23-15(22)12-13(24-7-11-5-3-2-4-6-11)14(20-10-19-12)21-8-16(17,18)9-21/h2-6,10H,7-9H2,1H3. The van der Waals surface area contributed by atoms with E-state index in [1.54, 1.807) is 0 Å². The summed E-state index contributed by atoms with van der Waals surface area (Å²) in [6, 6.07) is 9.25. The fourth-order valence-corrected chi connectivity index (χ4v) is 2.36. The molecule has 3 rings (SSSR count). The molecule has 1 aliphatic rings. The van der Waals surface area contributed by atoms with E-state index in [2.05, 4.69) is 14.7 Å². The molecule has 0 unspecified atom stereocenters. The Kier molecular flexibility index (Phi) is 4.28. The molecule has 2 aromatic rings. The van der Waals surface area contributed by atoms with E-state index in [0.717, 1.165) is 11.9 Å². The van der Waals surface area contributed by atoms with Gasteiger partial charge in [0.25, 0.3) is 5.92 Å². The van der Waals surface area contributed by atoms with Gasteiger partial charge in [-0.2, -0.15) is 0 Å². The number of anilines is 1. The number of nitrogens with zero attached hydrogens (tertiary/aromatic N) is 3. The molecule has 24 heavy (non-hydrogen) atoms. The van der Waals surface area contributed by atoms with Crippen molar-refractivity contribution in [1.82, 2.24) is 9.97 Å². The predicted octanol–water partition coefficient (Wildman–Crippen LogP) is 2.30. The zero-order valence-corrected chi connectivity index (χ0v) is 12.9. The van der Waals surface area contributed by atoms with Crippen LogP contribution in [0.5, 0.6) is 5.75 Å². The van der Waals surface area contributed by atoms with Crippen molar-refractivity contribution in [3.63, 3.8) is 0 Å². The summed E-state index contributed by atoms with van der Waals surface area (Å²) in [6.45, 7) is -0.811. The number of alkyl halides is 2. The minimum Gasteiger partial charge on any atom is -0.483 e. The summed E-state index contributed by atoms with van der Waals surface area (Å²) >= 11 is 0. The predicted molar refractivity (Wildman–Crippen MR) is 81.3 cm³/mol. The summed E-state index contributed by atoms with van der Waals surface area (Å²) in [7, 11) is 1.21. The molecule has 0 bridgehead atoms. The van der Waals surface area contributed by atoms with Crippen molar-refractivity contribution in [2.45, 2.75) is 12.5 Å². The van der Waals surface area contributed by atoms with Gasteiger partial charge in [0.15, 0.2) is 17.3 Å². The quantitative estimate of drug-likeness (QED) is 0.781. The Balaban J connectivity index is 1.89. The third-order valence-electron chi connectivity index (χ3n) is 3.53. The first kappa shape index (κ1) is 16.1. The number of carbonyl (C=O) groups excluding carboxylic acids is 1. The van der Waals surface area contributed by atoms with Gasteiger partial charge in [-0.15, -0.1) is 0 Å². The highest BCUT2D eigenvalue weighted by Crippen LogP contribution is 2.37. The van der Waals surface area contributed by atoms with Crippen molar-refractivity contribution >= 4 is 11.8 Å². The van der Waals surface area contributed by atoms with Crippen molar-refractivity contribution in [2.75, 3.05) is 25.1 Å². The summed E-state index contributed by atoms with van der Waals surface area (Å²) in [6.07, 6.45) is 1.13. The Morgan fingerprint density at radius 2 is 1.96 bits per heavy atom. The zero-order chi connectivity index (χ0) is 17.2. The van der Waals surface area contributed by atoms with Gasteiger partial charge < -0.3 is 14.4 Å². The van der Waals surface area contributed by atoms with Crippen molar-refractivity contribution in [2.24, 2.45) is 0 Å². The first-order valence-corrected chi connectivity index (χ1v) is 7.23. The number of rotatable bonds is 5. The highest BCUT2D eigenvalue weighted by molar-refractivity contribution is 5.92. The van der Waals surface area contributed by atoms with E-state index in [-0.39, 0.29) is 23.9 Å². The van der Waals surface area contributed by atoms with Gasteiger partial charge in [0.05, 0.1) is 20.2 Å². The Bertz CT molecular complexity index is 733. The molecular weight excluding hydrogens is 320 g/mol. The molecule has 0 aliphatic carbocycles. The molecule has 1 aliphatic heterocycles. The SMILES string of the molecule is COC(=O)c1ncnc(N2CC(F)(F)C2)c1OCc1ccccc1. The van der Waals surface area contributed by atoms with Gasteiger partial charge in [0.1, 0.15) is 12.9 Å². The third kappa shape index (κ3) is 3.27. The van der Waals surface area contributed by atoms with Crippen LogP contribution < -0.4 is 9.64 Å². The van der Waals surface area contributed by atoms with Crippen LogP contribution in [0.3, 0.4) is 0 Å². The van der Waals surface area contributed by atoms with Crippen LogP contribution in [0.4, 0.5) is 14.6 Å². The summed E-state index contributed by atoms with van der Waals surface area (Å²) in [5, 5.41) is 0. The van der Waals surface area contributed by atoms with Crippen LogP contribution in [0, 0.1) is 0 Å². The Hall–Kier alpha value is -2.77. The molecule has 1 aromatic carbocycles. The normalized spacial score (nSPS) is 15.5. The maximum atomic E-state index is 13.2. The van der Waals surface area contributed by atoms with Crippen LogP contribution in [-0.4, -0.2) is 42.1 Å². The largest absolute Gasteiger partial charge is 0.483 e. The maximum Gasteiger partial charge on any atom is 0.360 e. The fourth-order valence-electron chi connectivity index (χ4n) is 2.36. The smallest absolute Gasteiger partial charge is 0.360 e. The number of hydrogen-bond acceptors (Lipinski definition) is 6. The number of ether oxygens (including phenoxy) is 2. The Labute approximate surface area is 137 Å². The lowest BCUT2D eigenvalue weighted by Crippen LogP contribution is -2.56. The topological polar surface area (TPSA) is 64.5 Å². The number of halogens is 2. The number of esters is 1. The second kappa shape index (κ2) is 6.38. The van der Waals surface area contributed by atoms with E-state index in [9.17, 15) is 13.6 Å². The maximum absolute atomic E-state index is 13.2. The van der Waals surface area contributed by atoms with Gasteiger partial charge in [-0.25, -0.2) is 23.5 Å². The Morgan fingerprint density at radius 3 is 2.58 bits per heavy atom. The number of carbonyl (C=O) groups is 1. The lowest BCUT2D eigenvalue weighted by molar-refractivity contribution is -0.0269. The van der Waals surface area contributed by atoms with Crippen LogP contribution in [0.2, 0.25) is 0 Å². The fraction of sp³-hybridized carbons (Fsp3) is 0.312. The highest BCUT2D eigenvalue weighted by Gasteiger charge is 2.46. The number of aromatic nitrogens is 2. The molecule has 0 N–H and O–H groups in total. The van der Waals surface area contributed by atoms with Gasteiger partial charge in [-0.05, 0) is 5.56 Å². The molecule has 0 amide bonds. The highest BCUT2D eigenvalue weighted by atomic mass is 19.3. The summed E-state index contributed by atoms with van der Waals surface area (Å²) in [4.78, 5) is 21.1. The molecule has 8 heteroatoms. The molecule has 126 valence electrons. The minimum absolute atomic E-state index is 0.0451. The second-order valence-electron chi connectivity index (χ2n) is 5.35. The minimum atomic E-state index is -2.77. The number of methoxy groups -OCH3 is 1. The third-order valence-corrected chi connectivity index (χ3v) is 3.53. The van der Waals surface area contributed by atoms with Crippen molar-refractivity contribution < 1.29 is 23.0 Å². The summed E-state index contributed by atoms with van der Waals surface area (Å²) < 4.78 is 36.7. The summed E-state index contributed by atoms with van der Waals surface area (Å²) in [5.74, 6) is -3.28. The molecule has 0 saturated carbocycles. The molecule has 1 aromatic heterocycles. The lowest BCUT2D eigenvalue weighted by Gasteiger charge is -2.40. The summed E-state index contributed by atoms with van der Waals surface area (Å²) in [5.41, 5.74) is 0.769. The lowest BCUT2D eigenvalue weighted by atomic mass is 10.1. The number of hydrogen-bond donors (Lipinski definition) is 0. The molecule has 0 radical (unpaired) electrons.